The first-order valence-corrected chi connectivity index (χ1v) is 13.1. The molecule has 3 atom stereocenters. The van der Waals surface area contributed by atoms with E-state index in [2.05, 4.69) is 21.3 Å². The number of nitrogens with one attached hydrogen (secondary N) is 4. The molecular weight excluding hydrogens is 500 g/mol. The van der Waals surface area contributed by atoms with Crippen molar-refractivity contribution in [3.8, 4) is 5.75 Å². The fraction of sp³-hybridized carbons (Fsp3) is 0.448. The second-order valence-electron chi connectivity index (χ2n) is 9.77. The largest absolute Gasteiger partial charge is 0.497 e. The van der Waals surface area contributed by atoms with Gasteiger partial charge in [-0.2, -0.15) is 0 Å². The summed E-state index contributed by atoms with van der Waals surface area (Å²) in [5.41, 5.74) is 1.68. The summed E-state index contributed by atoms with van der Waals surface area (Å²) in [5.74, 6) is -1.42. The minimum absolute atomic E-state index is 0.0771. The van der Waals surface area contributed by atoms with Gasteiger partial charge in [0.1, 0.15) is 17.8 Å². The topological polar surface area (TPSA) is 146 Å². The van der Waals surface area contributed by atoms with Gasteiger partial charge in [-0.3, -0.25) is 24.5 Å². The van der Waals surface area contributed by atoms with Crippen molar-refractivity contribution in [2.45, 2.75) is 57.7 Å². The predicted octanol–water partition coefficient (Wildman–Crippen LogP) is 1.68. The molecule has 0 saturated carbocycles. The zero-order valence-corrected chi connectivity index (χ0v) is 23.0. The van der Waals surface area contributed by atoms with Crippen LogP contribution in [0.15, 0.2) is 54.6 Å². The highest BCUT2D eigenvalue weighted by Gasteiger charge is 2.30. The summed E-state index contributed by atoms with van der Waals surface area (Å²) in [4.78, 5) is 50.1. The van der Waals surface area contributed by atoms with Crippen LogP contribution < -0.4 is 26.0 Å². The number of carbonyl (C=O) groups is 4. The monoisotopic (exact) mass is 540 g/mol. The van der Waals surface area contributed by atoms with Crippen molar-refractivity contribution in [3.63, 3.8) is 0 Å². The van der Waals surface area contributed by atoms with E-state index in [4.69, 9.17) is 4.74 Å². The summed E-state index contributed by atoms with van der Waals surface area (Å²) in [6.07, 6.45) is 0.889. The highest BCUT2D eigenvalue weighted by molar-refractivity contribution is 5.90. The van der Waals surface area contributed by atoms with Gasteiger partial charge in [-0.1, -0.05) is 56.3 Å². The highest BCUT2D eigenvalue weighted by Crippen LogP contribution is 2.14. The number of benzene rings is 2. The molecule has 3 amide bonds. The van der Waals surface area contributed by atoms with Crippen molar-refractivity contribution in [1.29, 1.82) is 0 Å². The molecule has 2 aromatic carbocycles. The number of likely N-dealkylation sites (N-methyl/N-ethyl adjacent to an activating group) is 1. The van der Waals surface area contributed by atoms with E-state index in [0.29, 0.717) is 12.2 Å². The number of carboxylic acids is 1. The van der Waals surface area contributed by atoms with Gasteiger partial charge in [-0.05, 0) is 42.0 Å². The van der Waals surface area contributed by atoms with Crippen molar-refractivity contribution in [1.82, 2.24) is 21.3 Å². The second kappa shape index (κ2) is 16.1. The number of carbonyl (C=O) groups excluding carboxylic acids is 3. The average Bonchev–Trinajstić information content (AvgIpc) is 2.91. The fourth-order valence-electron chi connectivity index (χ4n) is 4.10. The minimum atomic E-state index is -1.13. The maximum atomic E-state index is 13.3. The van der Waals surface area contributed by atoms with E-state index in [1.807, 2.05) is 56.3 Å². The number of carboxylic acid groups (broad SMARTS) is 1. The van der Waals surface area contributed by atoms with Crippen LogP contribution in [0.3, 0.4) is 0 Å². The Balaban J connectivity index is 2.03. The van der Waals surface area contributed by atoms with E-state index >= 15 is 0 Å². The summed E-state index contributed by atoms with van der Waals surface area (Å²) in [7, 11) is 3.05. The zero-order chi connectivity index (χ0) is 28.8. The number of hydrogen-bond donors (Lipinski definition) is 5. The lowest BCUT2D eigenvalue weighted by Gasteiger charge is -2.26. The quantitative estimate of drug-likeness (QED) is 0.218. The van der Waals surface area contributed by atoms with E-state index in [1.54, 1.807) is 19.2 Å². The first-order valence-electron chi connectivity index (χ1n) is 13.1. The standard InChI is InChI=1S/C29H40N4O6/c1-19(2)16-24(28(36)33-25(27(35)30-3)17-21-10-12-22(39-4)13-11-21)32-23(29(37)38)14-15-31-26(34)18-20-8-6-5-7-9-20/h5-13,19,23-25,32H,14-18H2,1-4H3,(H,30,35)(H,31,34)(H,33,36)(H,37,38)/t23-,24-,25-/m0/s1. The Morgan fingerprint density at radius 1 is 0.872 bits per heavy atom. The zero-order valence-electron chi connectivity index (χ0n) is 23.0. The van der Waals surface area contributed by atoms with E-state index in [0.717, 1.165) is 11.1 Å². The molecule has 0 aliphatic carbocycles. The van der Waals surface area contributed by atoms with Crippen molar-refractivity contribution >= 4 is 23.7 Å². The van der Waals surface area contributed by atoms with Gasteiger partial charge in [0.05, 0.1) is 19.6 Å². The SMILES string of the molecule is CNC(=O)[C@H](Cc1ccc(OC)cc1)NC(=O)[C@H](CC(C)C)N[C@@H](CCNC(=O)Cc1ccccc1)C(=O)O. The van der Waals surface area contributed by atoms with Crippen molar-refractivity contribution in [3.05, 3.63) is 65.7 Å². The fourth-order valence-corrected chi connectivity index (χ4v) is 4.10. The number of rotatable bonds is 16. The molecule has 10 heteroatoms. The lowest BCUT2D eigenvalue weighted by molar-refractivity contribution is -0.140. The van der Waals surface area contributed by atoms with Crippen molar-refractivity contribution < 1.29 is 29.0 Å². The first kappa shape index (κ1) is 31.3. The van der Waals surface area contributed by atoms with Gasteiger partial charge in [-0.15, -0.1) is 0 Å². The molecule has 5 N–H and O–H groups in total. The Hall–Kier alpha value is -3.92. The van der Waals surface area contributed by atoms with Gasteiger partial charge in [-0.25, -0.2) is 0 Å². The summed E-state index contributed by atoms with van der Waals surface area (Å²) in [5, 5.41) is 20.8. The van der Waals surface area contributed by atoms with Crippen molar-refractivity contribution in [2.24, 2.45) is 5.92 Å². The number of methoxy groups -OCH3 is 1. The Kier molecular flexibility index (Phi) is 12.9. The molecule has 0 spiro atoms. The third-order valence-electron chi connectivity index (χ3n) is 6.17. The molecule has 2 rings (SSSR count). The predicted molar refractivity (Wildman–Crippen MR) is 148 cm³/mol. The van der Waals surface area contributed by atoms with Gasteiger partial charge in [0.2, 0.25) is 17.7 Å². The van der Waals surface area contributed by atoms with Crippen LogP contribution in [0, 0.1) is 5.92 Å². The Morgan fingerprint density at radius 3 is 2.10 bits per heavy atom. The molecule has 2 aromatic rings. The van der Waals surface area contributed by atoms with Gasteiger partial charge >= 0.3 is 5.97 Å². The summed E-state index contributed by atoms with van der Waals surface area (Å²) in [6, 6.07) is 13.7. The van der Waals surface area contributed by atoms with Gasteiger partial charge in [0.25, 0.3) is 0 Å². The number of aliphatic carboxylic acids is 1. The van der Waals surface area contributed by atoms with E-state index in [-0.39, 0.29) is 43.5 Å². The third-order valence-corrected chi connectivity index (χ3v) is 6.17. The Morgan fingerprint density at radius 2 is 1.54 bits per heavy atom. The molecule has 212 valence electrons. The van der Waals surface area contributed by atoms with E-state index in [1.165, 1.54) is 7.05 Å². The summed E-state index contributed by atoms with van der Waals surface area (Å²) >= 11 is 0. The molecular formula is C29H40N4O6. The molecule has 0 heterocycles. The van der Waals surface area contributed by atoms with Gasteiger partial charge in [0, 0.05) is 20.0 Å². The number of amides is 3. The molecule has 0 aliphatic rings. The lowest BCUT2D eigenvalue weighted by atomic mass is 10.00. The maximum absolute atomic E-state index is 13.3. The summed E-state index contributed by atoms with van der Waals surface area (Å²) < 4.78 is 5.17. The van der Waals surface area contributed by atoms with Crippen LogP contribution in [-0.4, -0.2) is 67.6 Å². The Bertz CT molecular complexity index is 1070. The number of hydrogen-bond acceptors (Lipinski definition) is 6. The minimum Gasteiger partial charge on any atom is -0.497 e. The van der Waals surface area contributed by atoms with Crippen LogP contribution in [-0.2, 0) is 32.0 Å². The van der Waals surface area contributed by atoms with Crippen LogP contribution in [0.1, 0.15) is 37.8 Å². The highest BCUT2D eigenvalue weighted by atomic mass is 16.5. The van der Waals surface area contributed by atoms with Crippen LogP contribution in [0.5, 0.6) is 5.75 Å². The molecule has 0 aliphatic heterocycles. The van der Waals surface area contributed by atoms with Gasteiger partial charge in [0.15, 0.2) is 0 Å². The van der Waals surface area contributed by atoms with Crippen molar-refractivity contribution in [2.75, 3.05) is 20.7 Å². The van der Waals surface area contributed by atoms with Crippen LogP contribution >= 0.6 is 0 Å². The van der Waals surface area contributed by atoms with Crippen LogP contribution in [0.4, 0.5) is 0 Å². The molecule has 0 radical (unpaired) electrons. The van der Waals surface area contributed by atoms with E-state index < -0.39 is 30.0 Å². The maximum Gasteiger partial charge on any atom is 0.320 e. The molecule has 39 heavy (non-hydrogen) atoms. The molecule has 0 unspecified atom stereocenters. The average molecular weight is 541 g/mol. The first-order chi connectivity index (χ1) is 18.6. The molecule has 0 fully saturated rings. The smallest absolute Gasteiger partial charge is 0.320 e. The van der Waals surface area contributed by atoms with Crippen LogP contribution in [0.25, 0.3) is 0 Å². The molecule has 0 bridgehead atoms. The normalized spacial score (nSPS) is 13.2. The Labute approximate surface area is 229 Å². The van der Waals surface area contributed by atoms with Gasteiger partial charge < -0.3 is 25.8 Å². The second-order valence-corrected chi connectivity index (χ2v) is 9.77. The lowest BCUT2D eigenvalue weighted by Crippen LogP contribution is -2.56. The molecule has 0 saturated heterocycles. The molecule has 0 aromatic heterocycles. The summed E-state index contributed by atoms with van der Waals surface area (Å²) in [6.45, 7) is 3.98. The molecule has 10 nitrogen and oxygen atoms in total. The third kappa shape index (κ3) is 11.2. The van der Waals surface area contributed by atoms with E-state index in [9.17, 15) is 24.3 Å². The van der Waals surface area contributed by atoms with Crippen LogP contribution in [0.2, 0.25) is 0 Å². The number of ether oxygens (including phenoxy) is 1.